The molecule has 0 aliphatic carbocycles. The number of nitriles is 1. The molecule has 36 heavy (non-hydrogen) atoms. The first-order valence-corrected chi connectivity index (χ1v) is 9.15. The fourth-order valence-corrected chi connectivity index (χ4v) is 2.46. The molecule has 0 aromatic heterocycles. The van der Waals surface area contributed by atoms with Crippen LogP contribution in [0.25, 0.3) is 0 Å². The van der Waals surface area contributed by atoms with Crippen LogP contribution >= 0.6 is 0 Å². The predicted molar refractivity (Wildman–Crippen MR) is 119 cm³/mol. The Labute approximate surface area is 228 Å². The minimum absolute atomic E-state index is 0. The van der Waals surface area contributed by atoms with E-state index in [9.17, 15) is 30.4 Å². The fraction of sp³-hybridized carbons (Fsp3) is 0.0455. The van der Waals surface area contributed by atoms with Gasteiger partial charge in [-0.05, 0) is 23.3 Å². The number of rotatable bonds is 6. The monoisotopic (exact) mass is 715 g/mol. The Morgan fingerprint density at radius 2 is 1.11 bits per heavy atom. The second-order valence-corrected chi connectivity index (χ2v) is 6.19. The maximum absolute atomic E-state index is 11.9. The van der Waals surface area contributed by atoms with Gasteiger partial charge in [-0.25, -0.2) is 0 Å². The molecule has 186 valence electrons. The van der Waals surface area contributed by atoms with Crippen LogP contribution in [0.15, 0.2) is 70.6 Å². The van der Waals surface area contributed by atoms with Crippen LogP contribution in [-0.4, -0.2) is 22.3 Å². The molecule has 0 fully saturated rings. The van der Waals surface area contributed by atoms with Gasteiger partial charge in [0.1, 0.15) is 0 Å². The van der Waals surface area contributed by atoms with Crippen molar-refractivity contribution in [3.05, 3.63) is 92.0 Å². The number of non-ortho nitro benzene ring substituents is 2. The molecule has 0 spiro atoms. The van der Waals surface area contributed by atoms with E-state index in [4.69, 9.17) is 5.26 Å². The van der Waals surface area contributed by atoms with Crippen LogP contribution in [0.4, 0.5) is 22.7 Å². The van der Waals surface area contributed by atoms with E-state index in [1.807, 2.05) is 0 Å². The van der Waals surface area contributed by atoms with Crippen molar-refractivity contribution in [2.45, 2.75) is 6.92 Å². The molecule has 3 aromatic carbocycles. The van der Waals surface area contributed by atoms with Crippen LogP contribution < -0.4 is 10.2 Å². The van der Waals surface area contributed by atoms with Crippen LogP contribution in [0.1, 0.15) is 18.1 Å². The third kappa shape index (κ3) is 9.62. The molecule has 0 heterocycles. The second-order valence-electron chi connectivity index (χ2n) is 6.19. The summed E-state index contributed by atoms with van der Waals surface area (Å²) in [6.45, 7) is 1.43. The van der Waals surface area contributed by atoms with E-state index in [1.54, 1.807) is 30.3 Å². The van der Waals surface area contributed by atoms with Crippen molar-refractivity contribution in [1.82, 2.24) is 0 Å². The summed E-state index contributed by atoms with van der Waals surface area (Å²) in [5.41, 5.74) is 0.245. The number of benzene rings is 3. The van der Waals surface area contributed by atoms with E-state index in [0.717, 1.165) is 36.4 Å². The van der Waals surface area contributed by atoms with Gasteiger partial charge >= 0.3 is 0 Å². The Hall–Kier alpha value is -4.14. The minimum atomic E-state index is -0.616. The number of aliphatic imine (C=N–C) groups is 2. The van der Waals surface area contributed by atoms with Crippen molar-refractivity contribution in [1.29, 1.82) is 5.26 Å². The van der Waals surface area contributed by atoms with Gasteiger partial charge in [0.05, 0.1) is 27.3 Å². The maximum atomic E-state index is 11.9. The first-order chi connectivity index (χ1) is 15.8. The molecule has 13 nitrogen and oxygen atoms in total. The van der Waals surface area contributed by atoms with Crippen molar-refractivity contribution >= 4 is 35.2 Å². The average molecular weight is 715 g/mol. The van der Waals surface area contributed by atoms with Crippen LogP contribution in [-0.2, 0) is 11.0 Å². The molecular weight excluding hydrogens is 700 g/mol. The molecule has 0 saturated carbocycles. The van der Waals surface area contributed by atoms with Gasteiger partial charge in [-0.15, -0.1) is 0 Å². The molecule has 0 N–H and O–H groups in total. The summed E-state index contributed by atoms with van der Waals surface area (Å²) in [5, 5.41) is 52.9. The predicted octanol–water partition coefficient (Wildman–Crippen LogP) is 3.44. The summed E-state index contributed by atoms with van der Waals surface area (Å²) in [4.78, 5) is 28.9. The first-order valence-electron chi connectivity index (χ1n) is 9.15. The average Bonchev–Trinajstić information content (AvgIpc) is 2.78. The van der Waals surface area contributed by atoms with Crippen molar-refractivity contribution in [2.75, 3.05) is 0 Å². The second kappa shape index (κ2) is 16.5. The zero-order chi connectivity index (χ0) is 24.4. The van der Waals surface area contributed by atoms with Crippen molar-refractivity contribution in [3.63, 3.8) is 0 Å². The molecule has 0 aliphatic heterocycles. The molecule has 0 unspecified atom stereocenters. The third-order valence-electron chi connectivity index (χ3n) is 3.98. The van der Waals surface area contributed by atoms with Gasteiger partial charge in [-0.1, -0.05) is 35.8 Å². The Bertz CT molecular complexity index is 1200. The number of nitro benzene ring substituents is 2. The Kier molecular flexibility index (Phi) is 15.6. The summed E-state index contributed by atoms with van der Waals surface area (Å²) in [5.74, 6) is -0.865. The SMILES string of the molecule is CC#N.O=[N+]([O-])c1ccc([O-])c(C=Nc2ccccc2N=Cc2cc([N+](=O)[O-])ccc2[O-])c1.[O-2].[O-2].[U]. The maximum Gasteiger partial charge on any atom is 0.270 e. The smallest absolute Gasteiger partial charge is 0.270 e. The van der Waals surface area contributed by atoms with Gasteiger partial charge in [0.15, 0.2) is 0 Å². The Morgan fingerprint density at radius 1 is 0.778 bits per heavy atom. The van der Waals surface area contributed by atoms with Gasteiger partial charge < -0.3 is 21.2 Å². The van der Waals surface area contributed by atoms with Crippen molar-refractivity contribution in [2.24, 2.45) is 9.98 Å². The van der Waals surface area contributed by atoms with E-state index in [-0.39, 0.29) is 64.6 Å². The van der Waals surface area contributed by atoms with E-state index in [2.05, 4.69) is 9.98 Å². The number of hydrogen-bond acceptors (Lipinski definition) is 9. The van der Waals surface area contributed by atoms with Gasteiger partial charge in [0, 0.05) is 74.7 Å². The number of para-hydroxylation sites is 2. The number of nitro groups is 2. The van der Waals surface area contributed by atoms with E-state index in [1.165, 1.54) is 19.4 Å². The summed E-state index contributed by atoms with van der Waals surface area (Å²) >= 11 is 0. The van der Waals surface area contributed by atoms with Gasteiger partial charge in [0.25, 0.3) is 11.4 Å². The van der Waals surface area contributed by atoms with Gasteiger partial charge in [-0.2, -0.15) is 5.26 Å². The molecule has 3 rings (SSSR count). The van der Waals surface area contributed by atoms with Crippen LogP contribution in [0, 0.1) is 62.7 Å². The number of hydrogen-bond donors (Lipinski definition) is 0. The summed E-state index contributed by atoms with van der Waals surface area (Å²) in [6, 6.07) is 14.9. The summed E-state index contributed by atoms with van der Waals surface area (Å²) < 4.78 is 0. The molecule has 0 atom stereocenters. The quantitative estimate of drug-likeness (QED) is 0.209. The molecule has 0 amide bonds. The van der Waals surface area contributed by atoms with Gasteiger partial charge in [-0.3, -0.25) is 30.2 Å². The fourth-order valence-electron chi connectivity index (χ4n) is 2.46. The molecule has 0 radical (unpaired) electrons. The molecule has 0 aliphatic rings. The minimum Gasteiger partial charge on any atom is -2.00 e. The topological polar surface area (TPSA) is 238 Å². The Morgan fingerprint density at radius 3 is 1.42 bits per heavy atom. The molecule has 0 saturated heterocycles. The number of nitrogens with zero attached hydrogens (tertiary/aromatic N) is 5. The van der Waals surface area contributed by atoms with E-state index < -0.39 is 21.3 Å². The third-order valence-corrected chi connectivity index (χ3v) is 3.98. The van der Waals surface area contributed by atoms with Crippen LogP contribution in [0.3, 0.4) is 0 Å². The van der Waals surface area contributed by atoms with Gasteiger partial charge in [0.2, 0.25) is 0 Å². The van der Waals surface area contributed by atoms with Crippen LogP contribution in [0.5, 0.6) is 11.5 Å². The van der Waals surface area contributed by atoms with Crippen molar-refractivity contribution < 1.29 is 62.1 Å². The Balaban J connectivity index is 0. The molecule has 14 heteroatoms. The largest absolute Gasteiger partial charge is 2.00 e. The first kappa shape index (κ1) is 34.0. The molecular formula is C22H15N5O8U-6. The molecule has 3 aromatic rings. The zero-order valence-electron chi connectivity index (χ0n) is 18.4. The molecule has 0 bridgehead atoms. The zero-order valence-corrected chi connectivity index (χ0v) is 22.6. The summed E-state index contributed by atoms with van der Waals surface area (Å²) in [7, 11) is 0. The standard InChI is InChI=1S/C20H14N4O6.C2H3N.2O.U/c25-19-7-5-15(23(27)28)9-13(19)11-21-17-3-1-2-4-18(17)22-12-14-10-16(24(29)30)6-8-20(14)26;1-2-3;;;/h1-12,25-26H;1H3;;;/q;;2*-2;/p-2. The van der Waals surface area contributed by atoms with E-state index >= 15 is 0 Å². The van der Waals surface area contributed by atoms with E-state index in [0.29, 0.717) is 11.4 Å². The summed E-state index contributed by atoms with van der Waals surface area (Å²) in [6.07, 6.45) is 2.38. The normalized spacial score (nSPS) is 9.56. The van der Waals surface area contributed by atoms with Crippen LogP contribution in [0.2, 0.25) is 0 Å². The van der Waals surface area contributed by atoms with Crippen molar-refractivity contribution in [3.8, 4) is 17.6 Å².